The van der Waals surface area contributed by atoms with E-state index in [0.717, 1.165) is 65.3 Å². The fourth-order valence-electron chi connectivity index (χ4n) is 7.44. The first-order chi connectivity index (χ1) is 22.0. The first-order valence-corrected chi connectivity index (χ1v) is 19.1. The van der Waals surface area contributed by atoms with Gasteiger partial charge in [0.15, 0.2) is 0 Å². The van der Waals surface area contributed by atoms with Crippen molar-refractivity contribution in [1.82, 2.24) is 14.7 Å². The van der Waals surface area contributed by atoms with Gasteiger partial charge in [0, 0.05) is 83.6 Å². The average Bonchev–Trinajstić information content (AvgIpc) is 3.67. The Balaban J connectivity index is 1.20. The molecule has 47 heavy (non-hydrogen) atoms. The van der Waals surface area contributed by atoms with Crippen molar-refractivity contribution in [3.05, 3.63) is 48.6 Å². The third kappa shape index (κ3) is 7.94. The van der Waals surface area contributed by atoms with Crippen molar-refractivity contribution < 1.29 is 14.4 Å². The summed E-state index contributed by atoms with van der Waals surface area (Å²) in [5, 5.41) is 0.664. The molecule has 10 heteroatoms. The highest BCUT2D eigenvalue weighted by atomic mass is 79.9. The minimum atomic E-state index is -0.112. The summed E-state index contributed by atoms with van der Waals surface area (Å²) in [5.74, 6) is 1.21. The Labute approximate surface area is 299 Å². The molecule has 0 aliphatic carbocycles. The first kappa shape index (κ1) is 36.3. The summed E-state index contributed by atoms with van der Waals surface area (Å²) < 4.78 is 0.974. The molecule has 7 nitrogen and oxygen atoms in total. The van der Waals surface area contributed by atoms with Crippen LogP contribution >= 0.6 is 38.9 Å². The zero-order valence-corrected chi connectivity index (χ0v) is 32.6. The monoisotopic (exact) mass is 746 g/mol. The van der Waals surface area contributed by atoms with Crippen LogP contribution in [0.4, 0.5) is 5.69 Å². The molecule has 3 fully saturated rings. The maximum Gasteiger partial charge on any atom is 0.256 e. The summed E-state index contributed by atoms with van der Waals surface area (Å²) in [5.41, 5.74) is 2.54. The van der Waals surface area contributed by atoms with Gasteiger partial charge in [0.05, 0.1) is 5.56 Å². The Morgan fingerprint density at radius 2 is 1.53 bits per heavy atom. The van der Waals surface area contributed by atoms with Crippen LogP contribution in [0.1, 0.15) is 93.4 Å². The molecule has 2 unspecified atom stereocenters. The van der Waals surface area contributed by atoms with Crippen molar-refractivity contribution in [3.8, 4) is 0 Å². The summed E-state index contributed by atoms with van der Waals surface area (Å²) in [6.45, 7) is 23.1. The molecule has 3 saturated heterocycles. The summed E-state index contributed by atoms with van der Waals surface area (Å²) in [6.07, 6.45) is 2.24. The van der Waals surface area contributed by atoms with Gasteiger partial charge in [-0.05, 0) is 89.0 Å². The number of carbonyl (C=O) groups excluding carboxylic acids is 3. The molecule has 0 N–H and O–H groups in total. The lowest BCUT2D eigenvalue weighted by atomic mass is 9.89. The van der Waals surface area contributed by atoms with E-state index in [2.05, 4.69) is 67.3 Å². The highest BCUT2D eigenvalue weighted by Crippen LogP contribution is 2.46. The number of nitrogens with zero attached hydrogens (tertiary/aromatic N) is 4. The lowest BCUT2D eigenvalue weighted by Crippen LogP contribution is -2.44. The number of anilines is 1. The molecule has 5 rings (SSSR count). The largest absolute Gasteiger partial charge is 0.343 e. The lowest BCUT2D eigenvalue weighted by Gasteiger charge is -2.34. The van der Waals surface area contributed by atoms with Crippen LogP contribution in [0, 0.1) is 24.7 Å². The second kappa shape index (κ2) is 14.1. The maximum atomic E-state index is 14.1. The molecule has 0 spiro atoms. The van der Waals surface area contributed by atoms with E-state index >= 15 is 0 Å². The molecule has 2 aromatic rings. The van der Waals surface area contributed by atoms with E-state index in [4.69, 9.17) is 11.6 Å². The quantitative estimate of drug-likeness (QED) is 0.291. The van der Waals surface area contributed by atoms with Gasteiger partial charge >= 0.3 is 0 Å². The summed E-state index contributed by atoms with van der Waals surface area (Å²) in [6, 6.07) is 5.89. The first-order valence-electron chi connectivity index (χ1n) is 17.1. The van der Waals surface area contributed by atoms with Crippen molar-refractivity contribution >= 4 is 62.3 Å². The predicted molar refractivity (Wildman–Crippen MR) is 197 cm³/mol. The molecule has 0 saturated carbocycles. The minimum Gasteiger partial charge on any atom is -0.343 e. The van der Waals surface area contributed by atoms with Crippen molar-refractivity contribution in [2.75, 3.05) is 57.3 Å². The van der Waals surface area contributed by atoms with E-state index in [-0.39, 0.29) is 34.5 Å². The number of likely N-dealkylation sites (tertiary alicyclic amines) is 3. The second-order valence-corrected chi connectivity index (χ2v) is 18.2. The van der Waals surface area contributed by atoms with E-state index in [0.29, 0.717) is 49.3 Å². The molecule has 3 amide bonds. The standard InChI is InChI=1S/C37H52BrClN4O3S/c1-23-10-11-28(18-29(23)39)43(34(45)25-12-16-41(17-13-25)24(2)44)15-9-14-40-19-26-21-42(22-27(26)20-40)35(46)30-31(38)33(37(6,7)8)47-32(30)36(3,4)5/h10-11,18,25-27H,9,12-17,19-22H2,1-8H3. The van der Waals surface area contributed by atoms with Gasteiger partial charge in [-0.3, -0.25) is 14.4 Å². The fraction of sp³-hybridized carbons (Fsp3) is 0.649. The highest BCUT2D eigenvalue weighted by Gasteiger charge is 2.43. The molecule has 4 heterocycles. The van der Waals surface area contributed by atoms with Gasteiger partial charge in [0.25, 0.3) is 5.91 Å². The van der Waals surface area contributed by atoms with Crippen LogP contribution in [0.3, 0.4) is 0 Å². The number of hydrogen-bond donors (Lipinski definition) is 0. The Morgan fingerprint density at radius 3 is 2.06 bits per heavy atom. The number of fused-ring (bicyclic) bond motifs is 1. The number of aryl methyl sites for hydroxylation is 1. The van der Waals surface area contributed by atoms with Crippen LogP contribution < -0.4 is 4.90 Å². The molecular formula is C37H52BrClN4O3S. The van der Waals surface area contributed by atoms with Crippen LogP contribution in [-0.4, -0.2) is 84.8 Å². The number of piperidine rings is 1. The average molecular weight is 748 g/mol. The van der Waals surface area contributed by atoms with E-state index in [1.165, 1.54) is 4.88 Å². The lowest BCUT2D eigenvalue weighted by molar-refractivity contribution is -0.133. The van der Waals surface area contributed by atoms with E-state index < -0.39 is 0 Å². The number of amides is 3. The van der Waals surface area contributed by atoms with Crippen LogP contribution in [0.15, 0.2) is 22.7 Å². The summed E-state index contributed by atoms with van der Waals surface area (Å²) >= 11 is 12.1. The van der Waals surface area contributed by atoms with Gasteiger partial charge in [-0.2, -0.15) is 0 Å². The molecular weight excluding hydrogens is 696 g/mol. The number of rotatable bonds is 7. The van der Waals surface area contributed by atoms with E-state index in [1.807, 2.05) is 34.9 Å². The van der Waals surface area contributed by atoms with Gasteiger partial charge in [0.2, 0.25) is 11.8 Å². The molecule has 2 atom stereocenters. The number of thiophene rings is 1. The maximum absolute atomic E-state index is 14.1. The minimum absolute atomic E-state index is 0.0386. The normalized spacial score (nSPS) is 21.0. The van der Waals surface area contributed by atoms with Crippen LogP contribution in [0.2, 0.25) is 5.02 Å². The smallest absolute Gasteiger partial charge is 0.256 e. The number of halogens is 2. The topological polar surface area (TPSA) is 64.2 Å². The van der Waals surface area contributed by atoms with Gasteiger partial charge in [-0.15, -0.1) is 11.3 Å². The Bertz CT molecular complexity index is 1490. The number of carbonyl (C=O) groups is 3. The second-order valence-electron chi connectivity index (χ2n) is 16.0. The highest BCUT2D eigenvalue weighted by molar-refractivity contribution is 9.10. The number of benzene rings is 1. The summed E-state index contributed by atoms with van der Waals surface area (Å²) in [7, 11) is 0. The Morgan fingerprint density at radius 1 is 0.936 bits per heavy atom. The molecule has 3 aliphatic heterocycles. The number of hydrogen-bond acceptors (Lipinski definition) is 5. The Kier molecular flexibility index (Phi) is 10.9. The molecule has 258 valence electrons. The van der Waals surface area contributed by atoms with E-state index in [9.17, 15) is 14.4 Å². The van der Waals surface area contributed by atoms with Gasteiger partial charge in [-0.1, -0.05) is 59.2 Å². The Hall–Kier alpha value is -1.94. The zero-order chi connectivity index (χ0) is 34.4. The van der Waals surface area contributed by atoms with Crippen molar-refractivity contribution in [3.63, 3.8) is 0 Å². The van der Waals surface area contributed by atoms with E-state index in [1.54, 1.807) is 18.3 Å². The van der Waals surface area contributed by atoms with Crippen molar-refractivity contribution in [2.45, 2.75) is 85.5 Å². The van der Waals surface area contributed by atoms with Gasteiger partial charge < -0.3 is 19.6 Å². The van der Waals surface area contributed by atoms with Crippen molar-refractivity contribution in [1.29, 1.82) is 0 Å². The third-order valence-electron chi connectivity index (χ3n) is 10.2. The van der Waals surface area contributed by atoms with Gasteiger partial charge in [-0.25, -0.2) is 0 Å². The molecule has 1 aromatic carbocycles. The van der Waals surface area contributed by atoms with Crippen molar-refractivity contribution in [2.24, 2.45) is 17.8 Å². The van der Waals surface area contributed by atoms with Crippen LogP contribution in [-0.2, 0) is 20.4 Å². The zero-order valence-electron chi connectivity index (χ0n) is 29.4. The predicted octanol–water partition coefficient (Wildman–Crippen LogP) is 7.75. The fourth-order valence-corrected chi connectivity index (χ4v) is 10.3. The SMILES string of the molecule is CC(=O)N1CCC(C(=O)N(CCCN2CC3CN(C(=O)c4c(C(C)(C)C)sc(C(C)(C)C)c4Br)CC3C2)c2ccc(C)c(Cl)c2)CC1. The van der Waals surface area contributed by atoms with Crippen LogP contribution in [0.25, 0.3) is 0 Å². The molecule has 0 bridgehead atoms. The molecule has 3 aliphatic rings. The molecule has 1 aromatic heterocycles. The van der Waals surface area contributed by atoms with Crippen LogP contribution in [0.5, 0.6) is 0 Å². The van der Waals surface area contributed by atoms with Gasteiger partial charge in [0.1, 0.15) is 0 Å². The third-order valence-corrected chi connectivity index (χ3v) is 13.7. The summed E-state index contributed by atoms with van der Waals surface area (Å²) in [4.78, 5) is 50.6. The molecule has 0 radical (unpaired) electrons.